The van der Waals surface area contributed by atoms with Crippen molar-refractivity contribution in [2.24, 2.45) is 0 Å². The number of carbonyl (C=O) groups excluding carboxylic acids is 1. The maximum atomic E-state index is 11.0. The number of benzene rings is 1. The Balaban J connectivity index is 2.37. The lowest BCUT2D eigenvalue weighted by atomic mass is 10.2. The quantitative estimate of drug-likeness (QED) is 0.326. The van der Waals surface area contributed by atoms with Crippen LogP contribution in [-0.2, 0) is 4.79 Å². The van der Waals surface area contributed by atoms with Gasteiger partial charge in [-0.25, -0.2) is 4.98 Å². The number of hydrogen-bond donors (Lipinski definition) is 3. The van der Waals surface area contributed by atoms with Crippen LogP contribution in [0.4, 0.5) is 28.4 Å². The van der Waals surface area contributed by atoms with E-state index in [1.54, 1.807) is 25.2 Å². The van der Waals surface area contributed by atoms with E-state index in [1.165, 1.54) is 6.07 Å². The lowest BCUT2D eigenvalue weighted by Crippen LogP contribution is -2.02. The van der Waals surface area contributed by atoms with Gasteiger partial charge < -0.3 is 16.0 Å². The average molecular weight is 322 g/mol. The first-order valence-corrected chi connectivity index (χ1v) is 6.52. The number of nitrogens with one attached hydrogen (secondary N) is 3. The third-order valence-electron chi connectivity index (χ3n) is 2.83. The van der Waals surface area contributed by atoms with Crippen molar-refractivity contribution >= 4 is 46.4 Å². The number of hydrogen-bond acceptors (Lipinski definition) is 6. The van der Waals surface area contributed by atoms with E-state index in [4.69, 9.17) is 11.6 Å². The van der Waals surface area contributed by atoms with Crippen molar-refractivity contribution in [1.29, 1.82) is 0 Å². The van der Waals surface area contributed by atoms with Crippen molar-refractivity contribution in [2.75, 3.05) is 23.0 Å². The summed E-state index contributed by atoms with van der Waals surface area (Å²) in [5, 5.41) is 19.5. The number of nitro groups is 1. The molecule has 0 radical (unpaired) electrons. The van der Waals surface area contributed by atoms with E-state index in [9.17, 15) is 14.9 Å². The first-order chi connectivity index (χ1) is 10.5. The van der Waals surface area contributed by atoms with Gasteiger partial charge in [-0.1, -0.05) is 11.6 Å². The molecule has 0 bridgehead atoms. The van der Waals surface area contributed by atoms with Crippen molar-refractivity contribution in [3.8, 4) is 0 Å². The molecule has 0 aliphatic carbocycles. The van der Waals surface area contributed by atoms with Crippen molar-refractivity contribution in [2.45, 2.75) is 0 Å². The SMILES string of the molecule is CNc1cc(Nc2cc(Cl)ncc2[N+](=O)[O-])ccc1NC=O. The summed E-state index contributed by atoms with van der Waals surface area (Å²) >= 11 is 5.78. The second-order valence-corrected chi connectivity index (χ2v) is 4.57. The minimum atomic E-state index is -0.549. The number of carbonyl (C=O) groups is 1. The summed E-state index contributed by atoms with van der Waals surface area (Å²) in [5.41, 5.74) is 1.87. The van der Waals surface area contributed by atoms with Crippen LogP contribution >= 0.6 is 11.6 Å². The minimum absolute atomic E-state index is 0.140. The Morgan fingerprint density at radius 1 is 1.27 bits per heavy atom. The molecule has 2 aromatic rings. The van der Waals surface area contributed by atoms with Gasteiger partial charge in [0, 0.05) is 18.8 Å². The van der Waals surface area contributed by atoms with Crippen molar-refractivity contribution < 1.29 is 9.72 Å². The highest BCUT2D eigenvalue weighted by molar-refractivity contribution is 6.29. The largest absolute Gasteiger partial charge is 0.386 e. The molecule has 1 aromatic heterocycles. The number of halogens is 1. The standard InChI is InChI=1S/C13H12ClN5O3/c1-15-10-4-8(2-3-9(10)17-7-20)18-11-5-13(14)16-6-12(11)19(21)22/h2-7,15H,1H3,(H,16,18)(H,17,20). The Morgan fingerprint density at radius 3 is 2.68 bits per heavy atom. The lowest BCUT2D eigenvalue weighted by molar-refractivity contribution is -0.384. The first-order valence-electron chi connectivity index (χ1n) is 6.14. The molecule has 1 amide bonds. The maximum Gasteiger partial charge on any atom is 0.310 e. The zero-order valence-electron chi connectivity index (χ0n) is 11.5. The molecule has 0 aliphatic rings. The summed E-state index contributed by atoms with van der Waals surface area (Å²) in [7, 11) is 1.70. The summed E-state index contributed by atoms with van der Waals surface area (Å²) in [4.78, 5) is 24.7. The summed E-state index contributed by atoms with van der Waals surface area (Å²) in [6.07, 6.45) is 1.66. The van der Waals surface area contributed by atoms with E-state index in [0.29, 0.717) is 23.5 Å². The van der Waals surface area contributed by atoms with Crippen LogP contribution in [0.25, 0.3) is 0 Å². The smallest absolute Gasteiger partial charge is 0.310 e. The molecular formula is C13H12ClN5O3. The van der Waals surface area contributed by atoms with Gasteiger partial charge in [-0.3, -0.25) is 14.9 Å². The van der Waals surface area contributed by atoms with Gasteiger partial charge in [0.25, 0.3) is 0 Å². The molecule has 0 fully saturated rings. The fourth-order valence-electron chi connectivity index (χ4n) is 1.84. The van der Waals surface area contributed by atoms with Crippen molar-refractivity contribution in [3.63, 3.8) is 0 Å². The third-order valence-corrected chi connectivity index (χ3v) is 3.04. The van der Waals surface area contributed by atoms with E-state index in [-0.39, 0.29) is 16.5 Å². The number of anilines is 4. The van der Waals surface area contributed by atoms with Crippen LogP contribution < -0.4 is 16.0 Å². The van der Waals surface area contributed by atoms with Gasteiger partial charge in [-0.05, 0) is 18.2 Å². The second kappa shape index (κ2) is 6.72. The lowest BCUT2D eigenvalue weighted by Gasteiger charge is -2.12. The predicted octanol–water partition coefficient (Wildman–Crippen LogP) is 3.00. The number of amides is 1. The molecule has 0 aliphatic heterocycles. The zero-order valence-corrected chi connectivity index (χ0v) is 12.2. The maximum absolute atomic E-state index is 11.0. The van der Waals surface area contributed by atoms with Crippen LogP contribution in [0.3, 0.4) is 0 Å². The molecule has 9 heteroatoms. The normalized spacial score (nSPS) is 9.91. The van der Waals surface area contributed by atoms with E-state index in [0.717, 1.165) is 6.20 Å². The molecule has 0 saturated heterocycles. The summed E-state index contributed by atoms with van der Waals surface area (Å²) in [6.45, 7) is 0. The van der Waals surface area contributed by atoms with Crippen molar-refractivity contribution in [3.05, 3.63) is 45.7 Å². The summed E-state index contributed by atoms with van der Waals surface area (Å²) in [5.74, 6) is 0. The average Bonchev–Trinajstić information content (AvgIpc) is 2.48. The van der Waals surface area contributed by atoms with E-state index >= 15 is 0 Å². The van der Waals surface area contributed by atoms with Crippen LogP contribution in [-0.4, -0.2) is 23.4 Å². The highest BCUT2D eigenvalue weighted by atomic mass is 35.5. The monoisotopic (exact) mass is 321 g/mol. The summed E-state index contributed by atoms with van der Waals surface area (Å²) in [6, 6.07) is 6.40. The van der Waals surface area contributed by atoms with Crippen LogP contribution in [0.1, 0.15) is 0 Å². The number of aromatic nitrogens is 1. The first kappa shape index (κ1) is 15.5. The topological polar surface area (TPSA) is 109 Å². The molecule has 3 N–H and O–H groups in total. The van der Waals surface area contributed by atoms with Gasteiger partial charge in [-0.2, -0.15) is 0 Å². The van der Waals surface area contributed by atoms with Gasteiger partial charge in [0.2, 0.25) is 6.41 Å². The molecule has 0 saturated carbocycles. The van der Waals surface area contributed by atoms with Crippen LogP contribution in [0.2, 0.25) is 5.15 Å². The Bertz CT molecular complexity index is 723. The predicted molar refractivity (Wildman–Crippen MR) is 84.9 cm³/mol. The zero-order chi connectivity index (χ0) is 16.1. The van der Waals surface area contributed by atoms with E-state index in [1.807, 2.05) is 0 Å². The molecule has 8 nitrogen and oxygen atoms in total. The molecule has 22 heavy (non-hydrogen) atoms. The molecule has 1 heterocycles. The third kappa shape index (κ3) is 3.41. The van der Waals surface area contributed by atoms with Gasteiger partial charge in [0.05, 0.1) is 16.3 Å². The molecule has 0 atom stereocenters. The number of rotatable bonds is 6. The molecular weight excluding hydrogens is 310 g/mol. The second-order valence-electron chi connectivity index (χ2n) is 4.18. The van der Waals surface area contributed by atoms with E-state index < -0.39 is 4.92 Å². The molecule has 114 valence electrons. The molecule has 1 aromatic carbocycles. The van der Waals surface area contributed by atoms with Crippen molar-refractivity contribution in [1.82, 2.24) is 4.98 Å². The highest BCUT2D eigenvalue weighted by Crippen LogP contribution is 2.31. The minimum Gasteiger partial charge on any atom is -0.386 e. The molecule has 0 spiro atoms. The van der Waals surface area contributed by atoms with Gasteiger partial charge in [0.15, 0.2) is 0 Å². The van der Waals surface area contributed by atoms with Crippen LogP contribution in [0.15, 0.2) is 30.5 Å². The Kier molecular flexibility index (Phi) is 4.74. The van der Waals surface area contributed by atoms with E-state index in [2.05, 4.69) is 20.9 Å². The fraction of sp³-hybridized carbons (Fsp3) is 0.0769. The van der Waals surface area contributed by atoms with Gasteiger partial charge in [-0.15, -0.1) is 0 Å². The highest BCUT2D eigenvalue weighted by Gasteiger charge is 2.15. The fourth-order valence-corrected chi connectivity index (χ4v) is 2.00. The molecule has 0 unspecified atom stereocenters. The summed E-state index contributed by atoms with van der Waals surface area (Å²) < 4.78 is 0. The number of nitrogens with zero attached hydrogens (tertiary/aromatic N) is 2. The number of pyridine rings is 1. The Morgan fingerprint density at radius 2 is 2.05 bits per heavy atom. The molecule has 2 rings (SSSR count). The van der Waals surface area contributed by atoms with Gasteiger partial charge >= 0.3 is 5.69 Å². The Hall–Kier alpha value is -2.87. The van der Waals surface area contributed by atoms with Crippen LogP contribution in [0, 0.1) is 10.1 Å². The van der Waals surface area contributed by atoms with Crippen LogP contribution in [0.5, 0.6) is 0 Å². The Labute approximate surface area is 130 Å². The van der Waals surface area contributed by atoms with Gasteiger partial charge in [0.1, 0.15) is 17.0 Å².